The van der Waals surface area contributed by atoms with Crippen LogP contribution in [0.15, 0.2) is 10.7 Å². The van der Waals surface area contributed by atoms with Gasteiger partial charge in [-0.2, -0.15) is 0 Å². The summed E-state index contributed by atoms with van der Waals surface area (Å²) >= 11 is 3.37. The Morgan fingerprint density at radius 3 is 2.53 bits per heavy atom. The third-order valence-corrected chi connectivity index (χ3v) is 2.79. The first-order chi connectivity index (χ1) is 7.02. The van der Waals surface area contributed by atoms with Crippen LogP contribution in [0, 0.1) is 12.8 Å². The Morgan fingerprint density at radius 2 is 2.07 bits per heavy atom. The predicted octanol–water partition coefficient (Wildman–Crippen LogP) is 3.39. The van der Waals surface area contributed by atoms with Crippen LogP contribution in [-0.2, 0) is 0 Å². The molecule has 1 rings (SSSR count). The minimum absolute atomic E-state index is 0.464. The van der Waals surface area contributed by atoms with Gasteiger partial charge < -0.3 is 5.32 Å². The van der Waals surface area contributed by atoms with E-state index in [2.05, 4.69) is 52.0 Å². The zero-order chi connectivity index (χ0) is 11.4. The van der Waals surface area contributed by atoms with Crippen molar-refractivity contribution in [3.8, 4) is 0 Å². The van der Waals surface area contributed by atoms with E-state index in [1.165, 1.54) is 0 Å². The molecular weight excluding hydrogens is 254 g/mol. The monoisotopic (exact) mass is 271 g/mol. The molecule has 15 heavy (non-hydrogen) atoms. The maximum absolute atomic E-state index is 4.35. The number of halogens is 1. The average Bonchev–Trinajstić information content (AvgIpc) is 2.12. The molecule has 84 valence electrons. The van der Waals surface area contributed by atoms with Gasteiger partial charge in [0.15, 0.2) is 0 Å². The van der Waals surface area contributed by atoms with Crippen molar-refractivity contribution >= 4 is 21.7 Å². The van der Waals surface area contributed by atoms with Crippen molar-refractivity contribution in [2.75, 3.05) is 5.32 Å². The summed E-state index contributed by atoms with van der Waals surface area (Å²) in [4.78, 5) is 8.53. The first kappa shape index (κ1) is 12.4. The van der Waals surface area contributed by atoms with Gasteiger partial charge in [0.05, 0.1) is 0 Å². The largest absolute Gasteiger partial charge is 0.367 e. The molecular formula is C11H18BrN3. The molecule has 0 saturated carbocycles. The number of anilines is 1. The number of hydrogen-bond donors (Lipinski definition) is 1. The molecule has 1 aromatic heterocycles. The summed E-state index contributed by atoms with van der Waals surface area (Å²) in [5, 5.41) is 3.43. The minimum atomic E-state index is 0.464. The van der Waals surface area contributed by atoms with Crippen molar-refractivity contribution in [2.45, 2.75) is 40.2 Å². The highest BCUT2D eigenvalue weighted by Gasteiger charge is 2.11. The molecule has 0 aliphatic heterocycles. The average molecular weight is 272 g/mol. The SMILES string of the molecule is CCC(Nc1cc(Br)nc(C)n1)C(C)C. The number of hydrogen-bond acceptors (Lipinski definition) is 3. The fourth-order valence-corrected chi connectivity index (χ4v) is 2.01. The van der Waals surface area contributed by atoms with E-state index in [4.69, 9.17) is 0 Å². The van der Waals surface area contributed by atoms with Crippen LogP contribution in [-0.4, -0.2) is 16.0 Å². The van der Waals surface area contributed by atoms with Crippen LogP contribution in [0.2, 0.25) is 0 Å². The number of aryl methyl sites for hydroxylation is 1. The lowest BCUT2D eigenvalue weighted by atomic mass is 10.0. The Bertz CT molecular complexity index is 305. The zero-order valence-corrected chi connectivity index (χ0v) is 11.3. The Morgan fingerprint density at radius 1 is 1.40 bits per heavy atom. The molecule has 1 N–H and O–H groups in total. The van der Waals surface area contributed by atoms with Gasteiger partial charge in [-0.15, -0.1) is 0 Å². The Kier molecular flexibility index (Phi) is 4.51. The van der Waals surface area contributed by atoms with E-state index in [1.807, 2.05) is 13.0 Å². The van der Waals surface area contributed by atoms with Gasteiger partial charge in [-0.3, -0.25) is 0 Å². The van der Waals surface area contributed by atoms with Crippen LogP contribution in [0.4, 0.5) is 5.82 Å². The van der Waals surface area contributed by atoms with Gasteiger partial charge in [0.1, 0.15) is 16.2 Å². The van der Waals surface area contributed by atoms with Crippen molar-refractivity contribution in [3.63, 3.8) is 0 Å². The maximum atomic E-state index is 4.35. The third kappa shape index (κ3) is 3.78. The van der Waals surface area contributed by atoms with E-state index < -0.39 is 0 Å². The molecule has 1 atom stereocenters. The van der Waals surface area contributed by atoms with Gasteiger partial charge in [0, 0.05) is 12.1 Å². The highest BCUT2D eigenvalue weighted by atomic mass is 79.9. The highest BCUT2D eigenvalue weighted by Crippen LogP contribution is 2.16. The molecule has 0 aliphatic rings. The summed E-state index contributed by atoms with van der Waals surface area (Å²) in [6, 6.07) is 2.38. The number of nitrogens with one attached hydrogen (secondary N) is 1. The van der Waals surface area contributed by atoms with Crippen molar-refractivity contribution in [1.29, 1.82) is 0 Å². The molecule has 4 heteroatoms. The summed E-state index contributed by atoms with van der Waals surface area (Å²) in [5.74, 6) is 2.28. The Labute approximate surface area is 99.8 Å². The van der Waals surface area contributed by atoms with Gasteiger partial charge in [-0.05, 0) is 35.2 Å². The maximum Gasteiger partial charge on any atom is 0.131 e. The van der Waals surface area contributed by atoms with E-state index in [0.29, 0.717) is 12.0 Å². The van der Waals surface area contributed by atoms with Crippen molar-refractivity contribution in [2.24, 2.45) is 5.92 Å². The quantitative estimate of drug-likeness (QED) is 0.854. The normalized spacial score (nSPS) is 12.9. The first-order valence-corrected chi connectivity index (χ1v) is 6.10. The zero-order valence-electron chi connectivity index (χ0n) is 9.71. The van der Waals surface area contributed by atoms with E-state index >= 15 is 0 Å². The molecule has 1 unspecified atom stereocenters. The Hall–Kier alpha value is -0.640. The van der Waals surface area contributed by atoms with Gasteiger partial charge in [0.2, 0.25) is 0 Å². The van der Waals surface area contributed by atoms with E-state index in [9.17, 15) is 0 Å². The second kappa shape index (κ2) is 5.45. The predicted molar refractivity (Wildman–Crippen MR) is 67.0 cm³/mol. The van der Waals surface area contributed by atoms with Crippen molar-refractivity contribution < 1.29 is 0 Å². The lowest BCUT2D eigenvalue weighted by Gasteiger charge is -2.21. The van der Waals surface area contributed by atoms with Crippen molar-refractivity contribution in [3.05, 3.63) is 16.5 Å². The molecule has 3 nitrogen and oxygen atoms in total. The lowest BCUT2D eigenvalue weighted by Crippen LogP contribution is -2.25. The summed E-state index contributed by atoms with van der Waals surface area (Å²) in [6.07, 6.45) is 1.10. The van der Waals surface area contributed by atoms with Gasteiger partial charge >= 0.3 is 0 Å². The molecule has 0 radical (unpaired) electrons. The van der Waals surface area contributed by atoms with Crippen LogP contribution in [0.25, 0.3) is 0 Å². The molecule has 0 saturated heterocycles. The molecule has 1 aromatic rings. The number of aromatic nitrogens is 2. The summed E-state index contributed by atoms with van der Waals surface area (Å²) in [5.41, 5.74) is 0. The van der Waals surface area contributed by atoms with Crippen LogP contribution in [0.3, 0.4) is 0 Å². The fourth-order valence-electron chi connectivity index (χ4n) is 1.54. The number of rotatable bonds is 4. The standard InChI is InChI=1S/C11H18BrN3/c1-5-9(7(2)3)15-11-6-10(12)13-8(4)14-11/h6-7,9H,5H2,1-4H3,(H,13,14,15). The smallest absolute Gasteiger partial charge is 0.131 e. The molecule has 0 aromatic carbocycles. The first-order valence-electron chi connectivity index (χ1n) is 5.30. The number of nitrogens with zero attached hydrogens (tertiary/aromatic N) is 2. The summed E-state index contributed by atoms with van der Waals surface area (Å²) in [6.45, 7) is 8.50. The second-order valence-corrected chi connectivity index (χ2v) is 4.84. The van der Waals surface area contributed by atoms with Gasteiger partial charge in [-0.25, -0.2) is 9.97 Å². The molecule has 0 aliphatic carbocycles. The molecule has 0 bridgehead atoms. The van der Waals surface area contributed by atoms with Gasteiger partial charge in [-0.1, -0.05) is 20.8 Å². The van der Waals surface area contributed by atoms with E-state index in [-0.39, 0.29) is 0 Å². The van der Waals surface area contributed by atoms with E-state index in [0.717, 1.165) is 22.7 Å². The lowest BCUT2D eigenvalue weighted by molar-refractivity contribution is 0.509. The van der Waals surface area contributed by atoms with Crippen LogP contribution < -0.4 is 5.32 Å². The molecule has 0 spiro atoms. The fraction of sp³-hybridized carbons (Fsp3) is 0.636. The molecule has 0 amide bonds. The van der Waals surface area contributed by atoms with Gasteiger partial charge in [0.25, 0.3) is 0 Å². The van der Waals surface area contributed by atoms with Crippen LogP contribution >= 0.6 is 15.9 Å². The van der Waals surface area contributed by atoms with Crippen molar-refractivity contribution in [1.82, 2.24) is 9.97 Å². The minimum Gasteiger partial charge on any atom is -0.367 e. The highest BCUT2D eigenvalue weighted by molar-refractivity contribution is 9.10. The second-order valence-electron chi connectivity index (χ2n) is 4.03. The molecule has 0 fully saturated rings. The Balaban J connectivity index is 2.79. The third-order valence-electron chi connectivity index (χ3n) is 2.38. The van der Waals surface area contributed by atoms with E-state index in [1.54, 1.807) is 0 Å². The molecule has 1 heterocycles. The summed E-state index contributed by atoms with van der Waals surface area (Å²) in [7, 11) is 0. The van der Waals surface area contributed by atoms with Crippen LogP contribution in [0.5, 0.6) is 0 Å². The topological polar surface area (TPSA) is 37.8 Å². The summed E-state index contributed by atoms with van der Waals surface area (Å²) < 4.78 is 0.830. The van der Waals surface area contributed by atoms with Crippen LogP contribution in [0.1, 0.15) is 33.0 Å².